The molecule has 0 amide bonds. The monoisotopic (exact) mass is 297 g/mol. The summed E-state index contributed by atoms with van der Waals surface area (Å²) in [5.41, 5.74) is 0.303. The summed E-state index contributed by atoms with van der Waals surface area (Å²) in [6.07, 6.45) is 0.704. The van der Waals surface area contributed by atoms with Crippen molar-refractivity contribution >= 4 is 11.6 Å². The summed E-state index contributed by atoms with van der Waals surface area (Å²) in [6, 6.07) is 6.24. The molecule has 2 aromatic rings. The molecule has 108 valence electrons. The Morgan fingerprint density at radius 3 is 2.75 bits per heavy atom. The van der Waals surface area contributed by atoms with Gasteiger partial charge in [-0.1, -0.05) is 29.8 Å². The highest BCUT2D eigenvalue weighted by Crippen LogP contribution is 2.18. The Hall–Kier alpha value is -1.43. The average molecular weight is 298 g/mol. The van der Waals surface area contributed by atoms with E-state index in [4.69, 9.17) is 11.6 Å². The van der Waals surface area contributed by atoms with Gasteiger partial charge in [0.1, 0.15) is 16.8 Å². The van der Waals surface area contributed by atoms with Gasteiger partial charge < -0.3 is 9.67 Å². The number of imidazole rings is 1. The number of halogens is 2. The lowest BCUT2D eigenvalue weighted by atomic mass is 10.1. The first kappa shape index (κ1) is 15.0. The van der Waals surface area contributed by atoms with E-state index in [1.807, 2.05) is 19.0 Å². The highest BCUT2D eigenvalue weighted by molar-refractivity contribution is 6.29. The standard InChI is InChI=1S/C14H17ClFN3O/c1-18(9-14-17-7-13(15)19(14)2)8-12(20)10-5-3-4-6-11(10)16/h3-7,12,20H,8-9H2,1-2H3. The van der Waals surface area contributed by atoms with Crippen molar-refractivity contribution in [1.29, 1.82) is 0 Å². The molecule has 6 heteroatoms. The molecule has 1 N–H and O–H groups in total. The number of likely N-dealkylation sites (N-methyl/N-ethyl adjacent to an activating group) is 1. The third-order valence-corrected chi connectivity index (χ3v) is 3.54. The molecule has 1 atom stereocenters. The number of aliphatic hydroxyl groups is 1. The first-order chi connectivity index (χ1) is 9.49. The van der Waals surface area contributed by atoms with Gasteiger partial charge in [-0.25, -0.2) is 9.37 Å². The van der Waals surface area contributed by atoms with Gasteiger partial charge >= 0.3 is 0 Å². The molecule has 4 nitrogen and oxygen atoms in total. The Morgan fingerprint density at radius 2 is 2.15 bits per heavy atom. The first-order valence-electron chi connectivity index (χ1n) is 6.26. The summed E-state index contributed by atoms with van der Waals surface area (Å²) >= 11 is 5.92. The van der Waals surface area contributed by atoms with Crippen LogP contribution in [0.5, 0.6) is 0 Å². The minimum atomic E-state index is -0.878. The molecule has 0 spiro atoms. The van der Waals surface area contributed by atoms with Crippen LogP contribution in [0.1, 0.15) is 17.5 Å². The summed E-state index contributed by atoms with van der Waals surface area (Å²) in [6.45, 7) is 0.833. The molecular weight excluding hydrogens is 281 g/mol. The van der Waals surface area contributed by atoms with Gasteiger partial charge in [-0.3, -0.25) is 4.90 Å². The van der Waals surface area contributed by atoms with Gasteiger partial charge in [-0.2, -0.15) is 0 Å². The molecule has 2 rings (SSSR count). The highest BCUT2D eigenvalue weighted by Gasteiger charge is 2.16. The van der Waals surface area contributed by atoms with Crippen molar-refractivity contribution in [2.45, 2.75) is 12.6 Å². The van der Waals surface area contributed by atoms with Gasteiger partial charge in [-0.15, -0.1) is 0 Å². The number of benzene rings is 1. The van der Waals surface area contributed by atoms with Gasteiger partial charge in [0.2, 0.25) is 0 Å². The highest BCUT2D eigenvalue weighted by atomic mass is 35.5. The van der Waals surface area contributed by atoms with Gasteiger partial charge in [0.25, 0.3) is 0 Å². The molecule has 1 heterocycles. The van der Waals surface area contributed by atoms with E-state index in [-0.39, 0.29) is 0 Å². The van der Waals surface area contributed by atoms with Crippen molar-refractivity contribution in [3.05, 3.63) is 52.8 Å². The molecule has 0 radical (unpaired) electrons. The minimum absolute atomic E-state index is 0.303. The van der Waals surface area contributed by atoms with Crippen LogP contribution in [0.2, 0.25) is 5.15 Å². The van der Waals surface area contributed by atoms with Crippen molar-refractivity contribution in [1.82, 2.24) is 14.5 Å². The minimum Gasteiger partial charge on any atom is -0.387 e. The molecule has 1 unspecified atom stereocenters. The van der Waals surface area contributed by atoms with Gasteiger partial charge in [-0.05, 0) is 13.1 Å². The van der Waals surface area contributed by atoms with Crippen molar-refractivity contribution < 1.29 is 9.50 Å². The van der Waals surface area contributed by atoms with Gasteiger partial charge in [0.05, 0.1) is 18.8 Å². The zero-order valence-electron chi connectivity index (χ0n) is 11.4. The number of aliphatic hydroxyl groups excluding tert-OH is 1. The second-order valence-corrected chi connectivity index (χ2v) is 5.18. The first-order valence-corrected chi connectivity index (χ1v) is 6.64. The van der Waals surface area contributed by atoms with E-state index >= 15 is 0 Å². The lowest BCUT2D eigenvalue weighted by Gasteiger charge is -2.20. The molecule has 0 saturated heterocycles. The van der Waals surface area contributed by atoms with E-state index in [9.17, 15) is 9.50 Å². The number of nitrogens with zero attached hydrogens (tertiary/aromatic N) is 3. The predicted molar refractivity (Wildman–Crippen MR) is 75.9 cm³/mol. The maximum absolute atomic E-state index is 13.6. The van der Waals surface area contributed by atoms with Crippen LogP contribution in [0, 0.1) is 5.82 Å². The van der Waals surface area contributed by atoms with E-state index in [1.54, 1.807) is 29.0 Å². The van der Waals surface area contributed by atoms with Crippen molar-refractivity contribution in [3.8, 4) is 0 Å². The Kier molecular flexibility index (Phi) is 4.75. The zero-order valence-corrected chi connectivity index (χ0v) is 12.2. The molecule has 0 aliphatic carbocycles. The Labute approximate surface area is 122 Å². The molecule has 1 aromatic carbocycles. The van der Waals surface area contributed by atoms with Crippen molar-refractivity contribution in [3.63, 3.8) is 0 Å². The van der Waals surface area contributed by atoms with Crippen LogP contribution in [0.25, 0.3) is 0 Å². The van der Waals surface area contributed by atoms with Gasteiger partial charge in [0, 0.05) is 19.2 Å². The van der Waals surface area contributed by atoms with Crippen LogP contribution in [-0.2, 0) is 13.6 Å². The Bertz CT molecular complexity index is 588. The molecule has 0 bridgehead atoms. The number of hydrogen-bond donors (Lipinski definition) is 1. The summed E-state index contributed by atoms with van der Waals surface area (Å²) < 4.78 is 15.3. The SMILES string of the molecule is CN(Cc1ncc(Cl)n1C)CC(O)c1ccccc1F. The lowest BCUT2D eigenvalue weighted by Crippen LogP contribution is -2.26. The topological polar surface area (TPSA) is 41.3 Å². The van der Waals surface area contributed by atoms with Crippen molar-refractivity contribution in [2.75, 3.05) is 13.6 Å². The van der Waals surface area contributed by atoms with Crippen LogP contribution in [0.3, 0.4) is 0 Å². The molecule has 0 aliphatic heterocycles. The summed E-state index contributed by atoms with van der Waals surface area (Å²) in [4.78, 5) is 6.06. The molecule has 0 fully saturated rings. The fraction of sp³-hybridized carbons (Fsp3) is 0.357. The van der Waals surface area contributed by atoms with E-state index in [0.29, 0.717) is 23.8 Å². The van der Waals surface area contributed by atoms with E-state index < -0.39 is 11.9 Å². The Balaban J connectivity index is 1.99. The second-order valence-electron chi connectivity index (χ2n) is 4.79. The number of hydrogen-bond acceptors (Lipinski definition) is 3. The lowest BCUT2D eigenvalue weighted by molar-refractivity contribution is 0.119. The molecule has 20 heavy (non-hydrogen) atoms. The maximum atomic E-state index is 13.6. The summed E-state index contributed by atoms with van der Waals surface area (Å²) in [5.74, 6) is 0.395. The fourth-order valence-corrected chi connectivity index (χ4v) is 2.16. The normalized spacial score (nSPS) is 12.9. The van der Waals surface area contributed by atoms with E-state index in [1.165, 1.54) is 6.07 Å². The largest absolute Gasteiger partial charge is 0.387 e. The van der Waals surface area contributed by atoms with Crippen LogP contribution < -0.4 is 0 Å². The number of rotatable bonds is 5. The molecule has 0 aliphatic rings. The third kappa shape index (κ3) is 3.36. The maximum Gasteiger partial charge on any atom is 0.129 e. The fourth-order valence-electron chi connectivity index (χ4n) is 2.02. The molecule has 0 saturated carbocycles. The van der Waals surface area contributed by atoms with Crippen LogP contribution in [0.4, 0.5) is 4.39 Å². The Morgan fingerprint density at radius 1 is 1.45 bits per heavy atom. The third-order valence-electron chi connectivity index (χ3n) is 3.19. The zero-order chi connectivity index (χ0) is 14.7. The quantitative estimate of drug-likeness (QED) is 0.921. The second kappa shape index (κ2) is 6.35. The van der Waals surface area contributed by atoms with Crippen LogP contribution in [-0.4, -0.2) is 33.1 Å². The van der Waals surface area contributed by atoms with Gasteiger partial charge in [0.15, 0.2) is 0 Å². The molecule has 1 aromatic heterocycles. The van der Waals surface area contributed by atoms with Crippen molar-refractivity contribution in [2.24, 2.45) is 7.05 Å². The van der Waals surface area contributed by atoms with E-state index in [2.05, 4.69) is 4.98 Å². The van der Waals surface area contributed by atoms with Crippen LogP contribution in [0.15, 0.2) is 30.5 Å². The van der Waals surface area contributed by atoms with E-state index in [0.717, 1.165) is 5.82 Å². The molecular formula is C14H17ClFN3O. The predicted octanol–water partition coefficient (Wildman–Crippen LogP) is 2.38. The number of aromatic nitrogens is 2. The summed E-state index contributed by atoms with van der Waals surface area (Å²) in [5, 5.41) is 10.6. The smallest absolute Gasteiger partial charge is 0.129 e. The van der Waals surface area contributed by atoms with Crippen LogP contribution >= 0.6 is 11.6 Å². The summed E-state index contributed by atoms with van der Waals surface area (Å²) in [7, 11) is 3.67. The average Bonchev–Trinajstić information content (AvgIpc) is 2.71.